The lowest BCUT2D eigenvalue weighted by Crippen LogP contribution is -2.02. The lowest BCUT2D eigenvalue weighted by molar-refractivity contribution is 1.10. The van der Waals surface area contributed by atoms with Gasteiger partial charge in [0.25, 0.3) is 0 Å². The summed E-state index contributed by atoms with van der Waals surface area (Å²) in [6.07, 6.45) is 1.83. The Morgan fingerprint density at radius 1 is 0.386 bits per heavy atom. The largest absolute Gasteiger partial charge is 0.292 e. The number of pyridine rings is 1. The quantitative estimate of drug-likeness (QED) is 0.214. The monoisotopic (exact) mass is 563 g/mol. The van der Waals surface area contributed by atoms with Crippen molar-refractivity contribution in [2.24, 2.45) is 0 Å². The molecule has 0 saturated carbocycles. The van der Waals surface area contributed by atoms with Gasteiger partial charge in [-0.1, -0.05) is 115 Å². The number of nitrogens with zero attached hydrogens (tertiary/aromatic N) is 5. The van der Waals surface area contributed by atoms with E-state index in [1.165, 1.54) is 0 Å². The van der Waals surface area contributed by atoms with Gasteiger partial charge in [0.15, 0.2) is 11.3 Å². The molecule has 0 fully saturated rings. The van der Waals surface area contributed by atoms with Crippen LogP contribution in [0.1, 0.15) is 0 Å². The van der Waals surface area contributed by atoms with E-state index >= 15 is 0 Å². The Balaban J connectivity index is 1.43. The van der Waals surface area contributed by atoms with Gasteiger partial charge in [0.1, 0.15) is 16.6 Å². The Hall–Kier alpha value is -6.07. The lowest BCUT2D eigenvalue weighted by atomic mass is 10.0. The first kappa shape index (κ1) is 24.5. The molecule has 5 aromatic carbocycles. The number of para-hydroxylation sites is 3. The molecule has 4 aromatic heterocycles. The average molecular weight is 564 g/mol. The standard InChI is InChI=1S/C39H25N5/c1-3-14-26(15-4-1)28-18-7-10-21-31(28)43-33-23-12-9-20-30(33)35-38(43)42-39-37(41-35)36-34(24-13-25-40-36)44(39)32-22-11-8-19-29(32)27-16-5-2-6-17-27/h1-25H. The molecule has 0 aliphatic rings. The molecule has 0 aliphatic heterocycles. The van der Waals surface area contributed by atoms with Gasteiger partial charge in [0.2, 0.25) is 0 Å². The first-order chi connectivity index (χ1) is 21.9. The molecule has 5 nitrogen and oxygen atoms in total. The predicted octanol–water partition coefficient (Wildman–Crippen LogP) is 9.40. The van der Waals surface area contributed by atoms with Crippen molar-refractivity contribution in [1.29, 1.82) is 0 Å². The fourth-order valence-electron chi connectivity index (χ4n) is 6.47. The van der Waals surface area contributed by atoms with Crippen LogP contribution in [0, 0.1) is 0 Å². The van der Waals surface area contributed by atoms with E-state index in [2.05, 4.69) is 143 Å². The second kappa shape index (κ2) is 9.75. The van der Waals surface area contributed by atoms with E-state index < -0.39 is 0 Å². The lowest BCUT2D eigenvalue weighted by Gasteiger charge is -2.14. The Bertz CT molecular complexity index is 2320. The highest BCUT2D eigenvalue weighted by atomic mass is 15.1. The average Bonchev–Trinajstić information content (AvgIpc) is 3.60. The van der Waals surface area contributed by atoms with E-state index in [-0.39, 0.29) is 0 Å². The van der Waals surface area contributed by atoms with Crippen molar-refractivity contribution in [2.75, 3.05) is 0 Å². The van der Waals surface area contributed by atoms with Crippen LogP contribution in [-0.4, -0.2) is 24.1 Å². The zero-order valence-corrected chi connectivity index (χ0v) is 23.7. The van der Waals surface area contributed by atoms with Crippen LogP contribution in [-0.2, 0) is 0 Å². The molecule has 0 saturated heterocycles. The molecule has 0 amide bonds. The van der Waals surface area contributed by atoms with Crippen molar-refractivity contribution in [3.8, 4) is 33.6 Å². The topological polar surface area (TPSA) is 48.5 Å². The summed E-state index contributed by atoms with van der Waals surface area (Å²) in [6.45, 7) is 0. The third-order valence-electron chi connectivity index (χ3n) is 8.39. The fourth-order valence-corrected chi connectivity index (χ4v) is 6.47. The van der Waals surface area contributed by atoms with Crippen molar-refractivity contribution in [2.45, 2.75) is 0 Å². The highest BCUT2D eigenvalue weighted by Gasteiger charge is 2.23. The number of benzene rings is 5. The third kappa shape index (κ3) is 3.63. The first-order valence-corrected chi connectivity index (χ1v) is 14.7. The summed E-state index contributed by atoms with van der Waals surface area (Å²) in [7, 11) is 0. The van der Waals surface area contributed by atoms with Gasteiger partial charge in [-0.25, -0.2) is 9.97 Å². The minimum Gasteiger partial charge on any atom is -0.292 e. The Morgan fingerprint density at radius 2 is 0.909 bits per heavy atom. The predicted molar refractivity (Wildman–Crippen MR) is 179 cm³/mol. The highest BCUT2D eigenvalue weighted by Crippen LogP contribution is 2.38. The van der Waals surface area contributed by atoms with Crippen molar-refractivity contribution in [3.05, 3.63) is 152 Å². The maximum absolute atomic E-state index is 5.50. The second-order valence-corrected chi connectivity index (χ2v) is 10.9. The smallest absolute Gasteiger partial charge is 0.168 e. The Labute approximate surface area is 253 Å². The molecule has 206 valence electrons. The molecular weight excluding hydrogens is 538 g/mol. The van der Waals surface area contributed by atoms with Crippen LogP contribution in [0.3, 0.4) is 0 Å². The maximum Gasteiger partial charge on any atom is 0.168 e. The molecule has 9 rings (SSSR count). The first-order valence-electron chi connectivity index (χ1n) is 14.7. The maximum atomic E-state index is 5.50. The van der Waals surface area contributed by atoms with Crippen LogP contribution < -0.4 is 0 Å². The minimum absolute atomic E-state index is 0.774. The molecule has 44 heavy (non-hydrogen) atoms. The second-order valence-electron chi connectivity index (χ2n) is 10.9. The summed E-state index contributed by atoms with van der Waals surface area (Å²) in [4.78, 5) is 15.7. The summed E-state index contributed by atoms with van der Waals surface area (Å²) in [5, 5.41) is 1.06. The fraction of sp³-hybridized carbons (Fsp3) is 0. The van der Waals surface area contributed by atoms with E-state index in [9.17, 15) is 0 Å². The van der Waals surface area contributed by atoms with Gasteiger partial charge in [-0.05, 0) is 41.5 Å². The normalized spacial score (nSPS) is 11.6. The number of hydrogen-bond donors (Lipinski definition) is 0. The summed E-state index contributed by atoms with van der Waals surface area (Å²) in [5.41, 5.74) is 12.7. The summed E-state index contributed by atoms with van der Waals surface area (Å²) < 4.78 is 4.48. The molecule has 0 bridgehead atoms. The van der Waals surface area contributed by atoms with Crippen LogP contribution in [0.5, 0.6) is 0 Å². The minimum atomic E-state index is 0.774. The molecule has 0 unspecified atom stereocenters. The third-order valence-corrected chi connectivity index (χ3v) is 8.39. The summed E-state index contributed by atoms with van der Waals surface area (Å²) >= 11 is 0. The molecule has 5 heteroatoms. The van der Waals surface area contributed by atoms with Gasteiger partial charge < -0.3 is 0 Å². The van der Waals surface area contributed by atoms with E-state index in [4.69, 9.17) is 15.0 Å². The van der Waals surface area contributed by atoms with Crippen molar-refractivity contribution in [3.63, 3.8) is 0 Å². The van der Waals surface area contributed by atoms with Gasteiger partial charge in [-0.15, -0.1) is 0 Å². The molecule has 4 heterocycles. The van der Waals surface area contributed by atoms with Gasteiger partial charge in [-0.2, -0.15) is 0 Å². The van der Waals surface area contributed by atoms with Crippen LogP contribution in [0.25, 0.3) is 77.9 Å². The van der Waals surface area contributed by atoms with E-state index in [1.54, 1.807) is 0 Å². The van der Waals surface area contributed by atoms with Crippen LogP contribution in [0.2, 0.25) is 0 Å². The zero-order valence-electron chi connectivity index (χ0n) is 23.7. The highest BCUT2D eigenvalue weighted by molar-refractivity contribution is 6.12. The van der Waals surface area contributed by atoms with Crippen molar-refractivity contribution in [1.82, 2.24) is 24.1 Å². The van der Waals surface area contributed by atoms with E-state index in [0.717, 1.165) is 77.9 Å². The number of fused-ring (bicyclic) bond motifs is 6. The number of aromatic nitrogens is 5. The van der Waals surface area contributed by atoms with Gasteiger partial charge in [-0.3, -0.25) is 14.1 Å². The van der Waals surface area contributed by atoms with Crippen LogP contribution >= 0.6 is 0 Å². The molecule has 0 N–H and O–H groups in total. The molecule has 0 radical (unpaired) electrons. The molecule has 0 aliphatic carbocycles. The van der Waals surface area contributed by atoms with Gasteiger partial charge in [0.05, 0.1) is 22.4 Å². The van der Waals surface area contributed by atoms with Crippen molar-refractivity contribution < 1.29 is 0 Å². The Morgan fingerprint density at radius 3 is 1.59 bits per heavy atom. The van der Waals surface area contributed by atoms with Gasteiger partial charge in [0, 0.05) is 22.7 Å². The molecule has 0 atom stereocenters. The molecular formula is C39H25N5. The Kier molecular flexibility index (Phi) is 5.43. The summed E-state index contributed by atoms with van der Waals surface area (Å²) in [6, 6.07) is 50.5. The van der Waals surface area contributed by atoms with Crippen LogP contribution in [0.15, 0.2) is 152 Å². The molecule has 9 aromatic rings. The van der Waals surface area contributed by atoms with Gasteiger partial charge >= 0.3 is 0 Å². The number of hydrogen-bond acceptors (Lipinski definition) is 3. The number of rotatable bonds is 4. The van der Waals surface area contributed by atoms with Crippen molar-refractivity contribution >= 4 is 44.3 Å². The molecule has 0 spiro atoms. The summed E-state index contributed by atoms with van der Waals surface area (Å²) in [5.74, 6) is 0. The SMILES string of the molecule is c1ccc(-c2ccccc2-n2c3ccccc3c3nc4c5ncccc5n(-c5ccccc5-c5ccccc5)c4nc32)cc1. The van der Waals surface area contributed by atoms with Crippen LogP contribution in [0.4, 0.5) is 0 Å². The van der Waals surface area contributed by atoms with E-state index in [0.29, 0.717) is 0 Å². The van der Waals surface area contributed by atoms with E-state index in [1.807, 2.05) is 18.3 Å². The zero-order chi connectivity index (χ0) is 29.0.